The molecule has 5 nitrogen and oxygen atoms in total. The van der Waals surface area contributed by atoms with E-state index < -0.39 is 6.10 Å². The second kappa shape index (κ2) is 54.9. The summed E-state index contributed by atoms with van der Waals surface area (Å²) in [7, 11) is 0. The number of carbonyl (C=O) groups is 2. The Balaban J connectivity index is 3.73. The monoisotopic (exact) mass is 907 g/mol. The summed E-state index contributed by atoms with van der Waals surface area (Å²) in [5.74, 6) is -0.671. The maximum atomic E-state index is 12.3. The van der Waals surface area contributed by atoms with E-state index >= 15 is 0 Å². The summed E-state index contributed by atoms with van der Waals surface area (Å²) in [6.07, 6.45) is 84.7. The van der Waals surface area contributed by atoms with Gasteiger partial charge in [-0.05, 0) is 128 Å². The van der Waals surface area contributed by atoms with E-state index in [4.69, 9.17) is 9.47 Å². The van der Waals surface area contributed by atoms with Gasteiger partial charge in [0.25, 0.3) is 0 Å². The van der Waals surface area contributed by atoms with Gasteiger partial charge in [-0.25, -0.2) is 0 Å². The van der Waals surface area contributed by atoms with Crippen molar-refractivity contribution in [3.05, 3.63) is 158 Å². The van der Waals surface area contributed by atoms with E-state index in [0.29, 0.717) is 12.8 Å². The molecule has 0 aromatic rings. The topological polar surface area (TPSA) is 72.8 Å². The Hall–Kier alpha value is -4.48. The van der Waals surface area contributed by atoms with Crippen LogP contribution in [0.15, 0.2) is 158 Å². The third-order valence-electron chi connectivity index (χ3n) is 10.3. The van der Waals surface area contributed by atoms with E-state index in [1.54, 1.807) is 0 Å². The maximum Gasteiger partial charge on any atom is 0.306 e. The molecular weight excluding hydrogens is 813 g/mol. The number of unbranched alkanes of at least 4 members (excludes halogenated alkanes) is 11. The summed E-state index contributed by atoms with van der Waals surface area (Å²) in [6, 6.07) is 0. The number of rotatable bonds is 45. The first-order valence-electron chi connectivity index (χ1n) is 26.0. The number of esters is 2. The molecule has 0 aliphatic rings. The minimum Gasteiger partial charge on any atom is -0.462 e. The van der Waals surface area contributed by atoms with Crippen molar-refractivity contribution in [1.29, 1.82) is 0 Å². The third-order valence-corrected chi connectivity index (χ3v) is 10.3. The van der Waals surface area contributed by atoms with E-state index in [2.05, 4.69) is 172 Å². The van der Waals surface area contributed by atoms with E-state index in [9.17, 15) is 14.7 Å². The van der Waals surface area contributed by atoms with Crippen molar-refractivity contribution in [2.45, 2.75) is 200 Å². The van der Waals surface area contributed by atoms with Crippen LogP contribution < -0.4 is 0 Å². The zero-order valence-electron chi connectivity index (χ0n) is 41.9. The molecule has 66 heavy (non-hydrogen) atoms. The maximum absolute atomic E-state index is 12.3. The summed E-state index contributed by atoms with van der Waals surface area (Å²) in [5.41, 5.74) is 0. The molecule has 0 aromatic carbocycles. The van der Waals surface area contributed by atoms with E-state index in [1.165, 1.54) is 44.9 Å². The summed E-state index contributed by atoms with van der Waals surface area (Å²) in [4.78, 5) is 24.4. The molecule has 368 valence electrons. The van der Waals surface area contributed by atoms with Gasteiger partial charge in [0.15, 0.2) is 6.10 Å². The highest BCUT2D eigenvalue weighted by atomic mass is 16.6. The van der Waals surface area contributed by atoms with Crippen LogP contribution in [0.2, 0.25) is 0 Å². The van der Waals surface area contributed by atoms with Crippen molar-refractivity contribution >= 4 is 11.9 Å². The van der Waals surface area contributed by atoms with Crippen molar-refractivity contribution < 1.29 is 24.2 Å². The summed E-state index contributed by atoms with van der Waals surface area (Å²) in [5, 5.41) is 9.62. The molecule has 0 spiro atoms. The van der Waals surface area contributed by atoms with Gasteiger partial charge in [0, 0.05) is 12.8 Å². The van der Waals surface area contributed by atoms with Crippen LogP contribution in [0.3, 0.4) is 0 Å². The van der Waals surface area contributed by atoms with Crippen LogP contribution in [0.25, 0.3) is 0 Å². The Morgan fingerprint density at radius 2 is 0.652 bits per heavy atom. The van der Waals surface area contributed by atoms with Gasteiger partial charge < -0.3 is 14.6 Å². The Labute approximate surface area is 405 Å². The third kappa shape index (κ3) is 52.1. The van der Waals surface area contributed by atoms with Gasteiger partial charge in [0.2, 0.25) is 0 Å². The molecule has 0 aliphatic carbocycles. The molecule has 0 amide bonds. The second-order valence-electron chi connectivity index (χ2n) is 16.5. The zero-order valence-corrected chi connectivity index (χ0v) is 41.9. The van der Waals surface area contributed by atoms with Gasteiger partial charge in [-0.15, -0.1) is 0 Å². The number of ether oxygens (including phenoxy) is 2. The summed E-state index contributed by atoms with van der Waals surface area (Å²) in [6.45, 7) is 3.93. The number of aliphatic hydroxyl groups is 1. The molecule has 0 saturated heterocycles. The first-order valence-corrected chi connectivity index (χ1v) is 26.0. The van der Waals surface area contributed by atoms with Crippen molar-refractivity contribution in [1.82, 2.24) is 0 Å². The molecule has 1 unspecified atom stereocenters. The molecule has 0 radical (unpaired) electrons. The van der Waals surface area contributed by atoms with Gasteiger partial charge in [-0.1, -0.05) is 210 Å². The van der Waals surface area contributed by atoms with Crippen LogP contribution in [-0.2, 0) is 19.1 Å². The summed E-state index contributed by atoms with van der Waals surface area (Å²) >= 11 is 0. The molecule has 0 bridgehead atoms. The second-order valence-corrected chi connectivity index (χ2v) is 16.5. The highest BCUT2D eigenvalue weighted by Crippen LogP contribution is 2.11. The van der Waals surface area contributed by atoms with Crippen LogP contribution in [-0.4, -0.2) is 36.4 Å². The lowest BCUT2D eigenvalue weighted by molar-refractivity contribution is -0.161. The normalized spacial score (nSPS) is 13.6. The molecule has 0 fully saturated rings. The van der Waals surface area contributed by atoms with E-state index in [0.717, 1.165) is 116 Å². The first-order chi connectivity index (χ1) is 32.6. The lowest BCUT2D eigenvalue weighted by Gasteiger charge is -2.15. The van der Waals surface area contributed by atoms with Crippen LogP contribution in [0.1, 0.15) is 194 Å². The first kappa shape index (κ1) is 61.5. The van der Waals surface area contributed by atoms with Crippen LogP contribution >= 0.6 is 0 Å². The highest BCUT2D eigenvalue weighted by Gasteiger charge is 2.16. The van der Waals surface area contributed by atoms with Gasteiger partial charge in [0.1, 0.15) is 6.61 Å². The zero-order chi connectivity index (χ0) is 47.7. The molecule has 0 rings (SSSR count). The quantitative estimate of drug-likeness (QED) is 0.0374. The average Bonchev–Trinajstić information content (AvgIpc) is 3.32. The van der Waals surface area contributed by atoms with Crippen LogP contribution in [0, 0.1) is 0 Å². The van der Waals surface area contributed by atoms with Gasteiger partial charge >= 0.3 is 11.9 Å². The fourth-order valence-electron chi connectivity index (χ4n) is 6.41. The molecule has 0 saturated carbocycles. The van der Waals surface area contributed by atoms with Gasteiger partial charge in [-0.2, -0.15) is 0 Å². The number of allylic oxidation sites excluding steroid dienone is 26. The van der Waals surface area contributed by atoms with Crippen molar-refractivity contribution in [3.63, 3.8) is 0 Å². The molecule has 0 heterocycles. The van der Waals surface area contributed by atoms with Crippen LogP contribution in [0.4, 0.5) is 0 Å². The van der Waals surface area contributed by atoms with E-state index in [-0.39, 0.29) is 31.6 Å². The number of carbonyl (C=O) groups excluding carboxylic acids is 2. The molecule has 0 aromatic heterocycles. The molecule has 5 heteroatoms. The minimum absolute atomic E-state index is 0.102. The van der Waals surface area contributed by atoms with Crippen molar-refractivity contribution in [2.75, 3.05) is 13.2 Å². The fourth-order valence-corrected chi connectivity index (χ4v) is 6.41. The summed E-state index contributed by atoms with van der Waals surface area (Å²) < 4.78 is 10.6. The molecule has 0 aliphatic heterocycles. The number of aliphatic hydroxyl groups excluding tert-OH is 1. The SMILES string of the molecule is CC/C=C\C/C=C\C/C=C\C/C=C\C/C=C\C/C=C\C/C=C\C/C=C\C/C=C\C/C=C\CCCCC(=O)OC(CO)COC(=O)CCCCCCCC/C=C\C/C=C\C/C=C\CCCCC. The lowest BCUT2D eigenvalue weighted by Crippen LogP contribution is -2.28. The van der Waals surface area contributed by atoms with Gasteiger partial charge in [0.05, 0.1) is 6.61 Å². The Bertz CT molecular complexity index is 1490. The van der Waals surface area contributed by atoms with Crippen molar-refractivity contribution in [2.24, 2.45) is 0 Å². The predicted octanol–water partition coefficient (Wildman–Crippen LogP) is 17.6. The number of hydrogen-bond acceptors (Lipinski definition) is 5. The molecule has 1 atom stereocenters. The minimum atomic E-state index is -0.814. The number of hydrogen-bond donors (Lipinski definition) is 1. The fraction of sp³-hybridized carbons (Fsp3) is 0.541. The highest BCUT2D eigenvalue weighted by molar-refractivity contribution is 5.70. The Morgan fingerprint density at radius 1 is 0.364 bits per heavy atom. The Kier molecular flexibility index (Phi) is 51.1. The molecule has 1 N–H and O–H groups in total. The largest absolute Gasteiger partial charge is 0.462 e. The predicted molar refractivity (Wildman–Crippen MR) is 287 cm³/mol. The van der Waals surface area contributed by atoms with Crippen LogP contribution in [0.5, 0.6) is 0 Å². The Morgan fingerprint density at radius 3 is 1.02 bits per heavy atom. The smallest absolute Gasteiger partial charge is 0.306 e. The van der Waals surface area contributed by atoms with E-state index in [1.807, 2.05) is 0 Å². The van der Waals surface area contributed by atoms with Crippen molar-refractivity contribution in [3.8, 4) is 0 Å². The standard InChI is InChI=1S/C61H94O5/c1-3-5-7-9-11-13-15-17-19-21-23-24-25-26-27-28-29-30-31-32-33-34-35-36-38-40-42-44-46-48-50-52-54-56-61(64)66-59(57-62)58-65-60(63)55-53-51-49-47-45-43-41-39-37-22-20-18-16-14-12-10-8-6-4-2/h5,7,11-14,17-20,23-24,26-27,29-30,32-33,35-37,39-40,42,46,48,59,62H,3-4,6,8-10,15-16,21-22,25,28,31,34,38,41,43-45,47,49-58H2,1-2H3/b7-5-,13-11-,14-12-,19-17-,20-18-,24-23-,27-26-,30-29-,33-32-,36-35-,39-37-,42-40-,48-46-. The molecular formula is C61H94O5. The average molecular weight is 907 g/mol. The van der Waals surface area contributed by atoms with Gasteiger partial charge in [-0.3, -0.25) is 9.59 Å². The lowest BCUT2D eigenvalue weighted by atomic mass is 10.1.